The van der Waals surface area contributed by atoms with Gasteiger partial charge in [0.05, 0.1) is 6.61 Å². The molecule has 0 unspecified atom stereocenters. The normalized spacial score (nSPS) is 17.4. The van der Waals surface area contributed by atoms with E-state index in [0.717, 1.165) is 13.1 Å². The van der Waals surface area contributed by atoms with Gasteiger partial charge in [-0.25, -0.2) is 0 Å². The Balaban J connectivity index is 1.99. The molecule has 2 rings (SSSR count). The van der Waals surface area contributed by atoms with Crippen LogP contribution in [0.2, 0.25) is 0 Å². The number of aliphatic hydroxyl groups is 1. The average molecular weight is 304 g/mol. The van der Waals surface area contributed by atoms with E-state index in [0.29, 0.717) is 6.04 Å². The molecule has 0 spiro atoms. The molecule has 1 aliphatic carbocycles. The minimum atomic E-state index is 0.263. The molecule has 1 fully saturated rings. The van der Waals surface area contributed by atoms with E-state index in [4.69, 9.17) is 5.11 Å². The Bertz CT molecular complexity index is 323. The van der Waals surface area contributed by atoms with Crippen LogP contribution in [-0.2, 0) is 6.54 Å². The third-order valence-corrected chi connectivity index (χ3v) is 5.18. The molecule has 0 aliphatic heterocycles. The molecule has 0 aromatic carbocycles. The van der Waals surface area contributed by atoms with Crippen molar-refractivity contribution in [1.82, 2.24) is 4.90 Å². The van der Waals surface area contributed by atoms with E-state index in [2.05, 4.69) is 32.3 Å². The molecule has 0 radical (unpaired) electrons. The topological polar surface area (TPSA) is 23.5 Å². The maximum Gasteiger partial charge on any atom is 0.0558 e. The van der Waals surface area contributed by atoms with Gasteiger partial charge in [0.25, 0.3) is 0 Å². The number of nitrogens with zero attached hydrogens (tertiary/aromatic N) is 1. The van der Waals surface area contributed by atoms with E-state index >= 15 is 0 Å². The van der Waals surface area contributed by atoms with Crippen molar-refractivity contribution in [3.63, 3.8) is 0 Å². The SMILES string of the molecule is OCCN(Cc1sccc1Br)C1CCCC1. The smallest absolute Gasteiger partial charge is 0.0558 e. The van der Waals surface area contributed by atoms with E-state index < -0.39 is 0 Å². The Labute approximate surface area is 109 Å². The number of rotatable bonds is 5. The van der Waals surface area contributed by atoms with Gasteiger partial charge in [-0.15, -0.1) is 11.3 Å². The lowest BCUT2D eigenvalue weighted by molar-refractivity contribution is 0.146. The van der Waals surface area contributed by atoms with E-state index in [9.17, 15) is 0 Å². The minimum absolute atomic E-state index is 0.263. The lowest BCUT2D eigenvalue weighted by Crippen LogP contribution is -2.34. The van der Waals surface area contributed by atoms with Gasteiger partial charge in [-0.2, -0.15) is 0 Å². The maximum absolute atomic E-state index is 9.14. The molecule has 1 heterocycles. The third-order valence-electron chi connectivity index (χ3n) is 3.27. The van der Waals surface area contributed by atoms with Gasteiger partial charge in [0.2, 0.25) is 0 Å². The van der Waals surface area contributed by atoms with Crippen molar-refractivity contribution < 1.29 is 5.11 Å². The van der Waals surface area contributed by atoms with Crippen LogP contribution in [0.3, 0.4) is 0 Å². The number of hydrogen-bond acceptors (Lipinski definition) is 3. The van der Waals surface area contributed by atoms with Gasteiger partial charge < -0.3 is 5.11 Å². The number of halogens is 1. The Kier molecular flexibility index (Phi) is 4.82. The summed E-state index contributed by atoms with van der Waals surface area (Å²) < 4.78 is 1.21. The van der Waals surface area contributed by atoms with Gasteiger partial charge in [-0.05, 0) is 40.2 Å². The molecular formula is C12H18BrNOS. The monoisotopic (exact) mass is 303 g/mol. The zero-order chi connectivity index (χ0) is 11.4. The van der Waals surface area contributed by atoms with E-state index in [1.54, 1.807) is 11.3 Å². The summed E-state index contributed by atoms with van der Waals surface area (Å²) in [7, 11) is 0. The van der Waals surface area contributed by atoms with E-state index in [1.807, 2.05) is 0 Å². The molecule has 4 heteroatoms. The first kappa shape index (κ1) is 12.6. The predicted octanol–water partition coefficient (Wildman–Crippen LogP) is 3.25. The lowest BCUT2D eigenvalue weighted by atomic mass is 10.2. The molecule has 0 saturated heterocycles. The van der Waals surface area contributed by atoms with Crippen LogP contribution in [0.25, 0.3) is 0 Å². The van der Waals surface area contributed by atoms with Crippen molar-refractivity contribution in [2.24, 2.45) is 0 Å². The van der Waals surface area contributed by atoms with Crippen molar-refractivity contribution in [3.05, 3.63) is 20.8 Å². The van der Waals surface area contributed by atoms with Gasteiger partial charge in [0.15, 0.2) is 0 Å². The average Bonchev–Trinajstić information content (AvgIpc) is 2.90. The molecule has 1 N–H and O–H groups in total. The molecule has 1 aliphatic rings. The van der Waals surface area contributed by atoms with Crippen LogP contribution in [0.4, 0.5) is 0 Å². The molecule has 1 saturated carbocycles. The van der Waals surface area contributed by atoms with Crippen molar-refractivity contribution in [3.8, 4) is 0 Å². The highest BCUT2D eigenvalue weighted by Crippen LogP contribution is 2.29. The highest BCUT2D eigenvalue weighted by molar-refractivity contribution is 9.10. The standard InChI is InChI=1S/C12H18BrNOS/c13-11-5-8-16-12(11)9-14(6-7-15)10-3-1-2-4-10/h5,8,10,15H,1-4,6-7,9H2. The molecule has 90 valence electrons. The highest BCUT2D eigenvalue weighted by atomic mass is 79.9. The van der Waals surface area contributed by atoms with Crippen molar-refractivity contribution in [2.75, 3.05) is 13.2 Å². The minimum Gasteiger partial charge on any atom is -0.395 e. The van der Waals surface area contributed by atoms with Crippen LogP contribution in [0.1, 0.15) is 30.6 Å². The summed E-state index contributed by atoms with van der Waals surface area (Å²) >= 11 is 5.37. The summed E-state index contributed by atoms with van der Waals surface area (Å²) in [5.41, 5.74) is 0. The Morgan fingerprint density at radius 1 is 1.44 bits per heavy atom. The summed E-state index contributed by atoms with van der Waals surface area (Å²) in [6.45, 7) is 2.04. The van der Waals surface area contributed by atoms with Crippen LogP contribution < -0.4 is 0 Å². The quantitative estimate of drug-likeness (QED) is 0.902. The fraction of sp³-hybridized carbons (Fsp3) is 0.667. The highest BCUT2D eigenvalue weighted by Gasteiger charge is 2.22. The first-order valence-electron chi connectivity index (χ1n) is 5.88. The van der Waals surface area contributed by atoms with Crippen LogP contribution in [0, 0.1) is 0 Å². The fourth-order valence-electron chi connectivity index (χ4n) is 2.41. The van der Waals surface area contributed by atoms with Crippen LogP contribution in [0.15, 0.2) is 15.9 Å². The second-order valence-electron chi connectivity index (χ2n) is 4.32. The number of thiophene rings is 1. The summed E-state index contributed by atoms with van der Waals surface area (Å²) in [4.78, 5) is 3.81. The number of hydrogen-bond donors (Lipinski definition) is 1. The van der Waals surface area contributed by atoms with Gasteiger partial charge in [0.1, 0.15) is 0 Å². The second-order valence-corrected chi connectivity index (χ2v) is 6.18. The molecule has 1 aromatic rings. The molecule has 0 bridgehead atoms. The zero-order valence-electron chi connectivity index (χ0n) is 9.36. The molecule has 0 atom stereocenters. The van der Waals surface area contributed by atoms with E-state index in [1.165, 1.54) is 35.0 Å². The zero-order valence-corrected chi connectivity index (χ0v) is 11.8. The summed E-state index contributed by atoms with van der Waals surface area (Å²) in [6, 6.07) is 2.78. The van der Waals surface area contributed by atoms with E-state index in [-0.39, 0.29) is 6.61 Å². The Hall–Kier alpha value is 0.100. The molecular weight excluding hydrogens is 286 g/mol. The number of aliphatic hydroxyl groups excluding tert-OH is 1. The van der Waals surface area contributed by atoms with Gasteiger partial charge in [-0.1, -0.05) is 12.8 Å². The van der Waals surface area contributed by atoms with Crippen LogP contribution in [-0.4, -0.2) is 29.2 Å². The lowest BCUT2D eigenvalue weighted by Gasteiger charge is -2.27. The summed E-state index contributed by atoms with van der Waals surface area (Å²) in [6.07, 6.45) is 5.28. The first-order chi connectivity index (χ1) is 7.81. The Morgan fingerprint density at radius 2 is 2.19 bits per heavy atom. The summed E-state index contributed by atoms with van der Waals surface area (Å²) in [5.74, 6) is 0. The van der Waals surface area contributed by atoms with Gasteiger partial charge >= 0.3 is 0 Å². The predicted molar refractivity (Wildman–Crippen MR) is 71.8 cm³/mol. The third kappa shape index (κ3) is 3.06. The van der Waals surface area contributed by atoms with Crippen LogP contribution >= 0.6 is 27.3 Å². The Morgan fingerprint density at radius 3 is 2.75 bits per heavy atom. The molecule has 1 aromatic heterocycles. The fourth-order valence-corrected chi connectivity index (χ4v) is 3.91. The summed E-state index contributed by atoms with van der Waals surface area (Å²) in [5, 5.41) is 11.3. The molecule has 16 heavy (non-hydrogen) atoms. The maximum atomic E-state index is 9.14. The second kappa shape index (κ2) is 6.15. The molecule has 2 nitrogen and oxygen atoms in total. The largest absolute Gasteiger partial charge is 0.395 e. The van der Waals surface area contributed by atoms with Gasteiger partial charge in [0, 0.05) is 28.5 Å². The van der Waals surface area contributed by atoms with Crippen molar-refractivity contribution in [2.45, 2.75) is 38.3 Å². The molecule has 0 amide bonds. The van der Waals surface area contributed by atoms with Gasteiger partial charge in [-0.3, -0.25) is 4.90 Å². The first-order valence-corrected chi connectivity index (χ1v) is 7.55. The van der Waals surface area contributed by atoms with Crippen molar-refractivity contribution in [1.29, 1.82) is 0 Å². The van der Waals surface area contributed by atoms with Crippen LogP contribution in [0.5, 0.6) is 0 Å². The van der Waals surface area contributed by atoms with Crippen molar-refractivity contribution >= 4 is 27.3 Å².